The molecule has 1 heterocycles. The van der Waals surface area contributed by atoms with E-state index in [1.54, 1.807) is 55.5 Å². The fourth-order valence-electron chi connectivity index (χ4n) is 2.47. The van der Waals surface area contributed by atoms with Crippen LogP contribution in [0.4, 0.5) is 0 Å². The third kappa shape index (κ3) is 4.41. The number of nitrogens with one attached hydrogen (secondary N) is 2. The lowest BCUT2D eigenvalue weighted by Gasteiger charge is -2.16. The summed E-state index contributed by atoms with van der Waals surface area (Å²) < 4.78 is 11.0. The quantitative estimate of drug-likeness (QED) is 0.265. The molecule has 0 aromatic heterocycles. The van der Waals surface area contributed by atoms with Crippen LogP contribution in [0, 0.1) is 0 Å². The predicted octanol–water partition coefficient (Wildman–Crippen LogP) is 2.22. The number of hydrogen-bond donors (Lipinski definition) is 2. The maximum Gasteiger partial charge on any atom is 0.343 e. The van der Waals surface area contributed by atoms with Crippen LogP contribution in [0.15, 0.2) is 54.1 Å². The van der Waals surface area contributed by atoms with Crippen molar-refractivity contribution in [2.75, 3.05) is 6.61 Å². The SMILES string of the molecule is CCOc1cc(C=C2C(=O)NC(=S)NC2=O)ccc1OC(=O)c1ccccc1. The fourth-order valence-corrected chi connectivity index (χ4v) is 2.66. The Morgan fingerprint density at radius 1 is 1.04 bits per heavy atom. The summed E-state index contributed by atoms with van der Waals surface area (Å²) in [4.78, 5) is 36.2. The third-order valence-electron chi connectivity index (χ3n) is 3.73. The molecule has 0 radical (unpaired) electrons. The van der Waals surface area contributed by atoms with E-state index in [2.05, 4.69) is 10.6 Å². The van der Waals surface area contributed by atoms with Gasteiger partial charge in [0.25, 0.3) is 11.8 Å². The molecule has 2 aromatic carbocycles. The van der Waals surface area contributed by atoms with Gasteiger partial charge in [0.2, 0.25) is 0 Å². The topological polar surface area (TPSA) is 93.7 Å². The minimum Gasteiger partial charge on any atom is -0.490 e. The molecule has 0 saturated carbocycles. The second-order valence-corrected chi connectivity index (χ2v) is 6.10. The smallest absolute Gasteiger partial charge is 0.343 e. The first-order valence-corrected chi connectivity index (χ1v) is 8.81. The van der Waals surface area contributed by atoms with Crippen molar-refractivity contribution in [1.29, 1.82) is 0 Å². The largest absolute Gasteiger partial charge is 0.490 e. The van der Waals surface area contributed by atoms with Gasteiger partial charge in [0.1, 0.15) is 5.57 Å². The maximum absolute atomic E-state index is 12.3. The number of ether oxygens (including phenoxy) is 2. The molecule has 0 spiro atoms. The van der Waals surface area contributed by atoms with Crippen molar-refractivity contribution in [2.24, 2.45) is 0 Å². The molecule has 142 valence electrons. The van der Waals surface area contributed by atoms with Crippen LogP contribution in [-0.2, 0) is 9.59 Å². The summed E-state index contributed by atoms with van der Waals surface area (Å²) in [7, 11) is 0. The number of hydrogen-bond acceptors (Lipinski definition) is 6. The van der Waals surface area contributed by atoms with E-state index in [0.717, 1.165) is 0 Å². The average molecular weight is 396 g/mol. The second kappa shape index (κ2) is 8.45. The van der Waals surface area contributed by atoms with E-state index in [0.29, 0.717) is 23.5 Å². The van der Waals surface area contributed by atoms with Gasteiger partial charge in [-0.05, 0) is 55.0 Å². The van der Waals surface area contributed by atoms with Crippen LogP contribution < -0.4 is 20.1 Å². The lowest BCUT2D eigenvalue weighted by Crippen LogP contribution is -2.51. The standard InChI is InChI=1S/C20H16N2O5S/c1-2-26-16-11-12(10-14-17(23)21-20(28)22-18(14)24)8-9-15(16)27-19(25)13-6-4-3-5-7-13/h3-11H,2H2,1H3,(H2,21,22,23,24,28). The summed E-state index contributed by atoms with van der Waals surface area (Å²) in [5.74, 6) is -1.16. The van der Waals surface area contributed by atoms with E-state index in [1.165, 1.54) is 6.08 Å². The van der Waals surface area contributed by atoms with Crippen molar-refractivity contribution in [3.63, 3.8) is 0 Å². The highest BCUT2D eigenvalue weighted by Crippen LogP contribution is 2.30. The molecule has 3 rings (SSSR count). The normalized spacial score (nSPS) is 13.5. The van der Waals surface area contributed by atoms with Gasteiger partial charge in [-0.1, -0.05) is 24.3 Å². The van der Waals surface area contributed by atoms with Crippen LogP contribution in [0.1, 0.15) is 22.8 Å². The molecule has 1 aliphatic rings. The first-order chi connectivity index (χ1) is 13.5. The van der Waals surface area contributed by atoms with Gasteiger partial charge in [-0.3, -0.25) is 20.2 Å². The van der Waals surface area contributed by atoms with Crippen LogP contribution in [0.25, 0.3) is 6.08 Å². The number of thiocarbonyl (C=S) groups is 1. The Labute approximate surface area is 166 Å². The molecule has 2 aromatic rings. The number of esters is 1. The summed E-state index contributed by atoms with van der Waals surface area (Å²) in [6.07, 6.45) is 1.40. The van der Waals surface area contributed by atoms with Crippen molar-refractivity contribution >= 4 is 41.2 Å². The minimum atomic E-state index is -0.591. The molecule has 0 unspecified atom stereocenters. The van der Waals surface area contributed by atoms with Crippen molar-refractivity contribution in [1.82, 2.24) is 10.6 Å². The first kappa shape index (κ1) is 19.2. The minimum absolute atomic E-state index is 0.0367. The summed E-state index contributed by atoms with van der Waals surface area (Å²) in [5.41, 5.74) is 0.837. The van der Waals surface area contributed by atoms with Gasteiger partial charge in [-0.15, -0.1) is 0 Å². The Bertz CT molecular complexity index is 963. The zero-order valence-electron chi connectivity index (χ0n) is 14.9. The van der Waals surface area contributed by atoms with Gasteiger partial charge >= 0.3 is 5.97 Å². The van der Waals surface area contributed by atoms with E-state index in [4.69, 9.17) is 21.7 Å². The molecule has 2 N–H and O–H groups in total. The molecule has 28 heavy (non-hydrogen) atoms. The van der Waals surface area contributed by atoms with Gasteiger partial charge in [-0.25, -0.2) is 4.79 Å². The van der Waals surface area contributed by atoms with Crippen LogP contribution in [0.2, 0.25) is 0 Å². The third-order valence-corrected chi connectivity index (χ3v) is 3.94. The zero-order valence-corrected chi connectivity index (χ0v) is 15.7. The van der Waals surface area contributed by atoms with Crippen molar-refractivity contribution in [3.8, 4) is 11.5 Å². The zero-order chi connectivity index (χ0) is 20.1. The van der Waals surface area contributed by atoms with Gasteiger partial charge in [-0.2, -0.15) is 0 Å². The van der Waals surface area contributed by atoms with E-state index in [1.807, 2.05) is 0 Å². The summed E-state index contributed by atoms with van der Waals surface area (Å²) in [6, 6.07) is 13.3. The van der Waals surface area contributed by atoms with Crippen molar-refractivity contribution in [3.05, 3.63) is 65.2 Å². The van der Waals surface area contributed by atoms with E-state index >= 15 is 0 Å². The molecule has 0 aliphatic carbocycles. The average Bonchev–Trinajstić information content (AvgIpc) is 2.67. The van der Waals surface area contributed by atoms with Crippen molar-refractivity contribution in [2.45, 2.75) is 6.92 Å². The highest BCUT2D eigenvalue weighted by molar-refractivity contribution is 7.80. The van der Waals surface area contributed by atoms with Crippen molar-refractivity contribution < 1.29 is 23.9 Å². The first-order valence-electron chi connectivity index (χ1n) is 8.40. The number of carbonyl (C=O) groups excluding carboxylic acids is 3. The monoisotopic (exact) mass is 396 g/mol. The molecule has 7 nitrogen and oxygen atoms in total. The van der Waals surface area contributed by atoms with Crippen LogP contribution >= 0.6 is 12.2 Å². The Hall–Kier alpha value is -3.52. The van der Waals surface area contributed by atoms with E-state index in [9.17, 15) is 14.4 Å². The molecule has 0 atom stereocenters. The maximum atomic E-state index is 12.3. The van der Waals surface area contributed by atoms with Gasteiger partial charge < -0.3 is 9.47 Å². The highest BCUT2D eigenvalue weighted by Gasteiger charge is 2.25. The Morgan fingerprint density at radius 2 is 1.71 bits per heavy atom. The van der Waals surface area contributed by atoms with Crippen LogP contribution in [0.3, 0.4) is 0 Å². The summed E-state index contributed by atoms with van der Waals surface area (Å²) >= 11 is 4.77. The lowest BCUT2D eigenvalue weighted by atomic mass is 10.1. The predicted molar refractivity (Wildman–Crippen MR) is 106 cm³/mol. The molecular formula is C20H16N2O5S. The van der Waals surface area contributed by atoms with E-state index < -0.39 is 17.8 Å². The summed E-state index contributed by atoms with van der Waals surface area (Å²) in [6.45, 7) is 2.13. The molecule has 2 amide bonds. The Balaban J connectivity index is 1.88. The number of amides is 2. The highest BCUT2D eigenvalue weighted by atomic mass is 32.1. The van der Waals surface area contributed by atoms with Gasteiger partial charge in [0, 0.05) is 0 Å². The fraction of sp³-hybridized carbons (Fsp3) is 0.100. The van der Waals surface area contributed by atoms with Crippen LogP contribution in [0.5, 0.6) is 11.5 Å². The van der Waals surface area contributed by atoms with Crippen LogP contribution in [-0.4, -0.2) is 29.5 Å². The Kier molecular flexibility index (Phi) is 5.81. The summed E-state index contributed by atoms with van der Waals surface area (Å²) in [5, 5.41) is 4.70. The van der Waals surface area contributed by atoms with Gasteiger partial charge in [0.05, 0.1) is 12.2 Å². The molecule has 8 heteroatoms. The number of rotatable bonds is 5. The molecule has 1 aliphatic heterocycles. The molecule has 1 saturated heterocycles. The number of benzene rings is 2. The van der Waals surface area contributed by atoms with E-state index in [-0.39, 0.29) is 16.4 Å². The molecule has 0 bridgehead atoms. The number of carbonyl (C=O) groups is 3. The van der Waals surface area contributed by atoms with Gasteiger partial charge in [0.15, 0.2) is 16.6 Å². The second-order valence-electron chi connectivity index (χ2n) is 5.69. The molecule has 1 fully saturated rings. The Morgan fingerprint density at radius 3 is 2.36 bits per heavy atom. The lowest BCUT2D eigenvalue weighted by molar-refractivity contribution is -0.123. The molecular weight excluding hydrogens is 380 g/mol.